The van der Waals surface area contributed by atoms with Gasteiger partial charge in [0, 0.05) is 10.8 Å². The minimum Gasteiger partial charge on any atom is -0.457 e. The average Bonchev–Trinajstić information content (AvgIpc) is 3.69. The molecule has 1 heterocycles. The van der Waals surface area contributed by atoms with Crippen LogP contribution in [0.2, 0.25) is 0 Å². The predicted molar refractivity (Wildman–Crippen MR) is 304 cm³/mol. The molecule has 25 heteroatoms. The lowest BCUT2D eigenvalue weighted by molar-refractivity contribution is 0.675. The molecule has 0 spiro atoms. The van der Waals surface area contributed by atoms with Crippen LogP contribution < -0.4 is 131 Å². The Morgan fingerprint density at radius 1 is 0.138 bits per heavy atom. The molecule has 238 valence electrons. The molecule has 9 rings (SSSR count). The largest absolute Gasteiger partial charge is 0.457 e. The van der Waals surface area contributed by atoms with E-state index in [1.165, 1.54) is 0 Å². The maximum atomic E-state index is 7.21. The Balaban J connectivity index is 1.67. The molecule has 0 amide bonds. The Bertz CT molecular complexity index is 3740. The molecular weight excluding hydrogens is 756 g/mol. The van der Waals surface area contributed by atoms with Gasteiger partial charge in [-0.05, 0) is 65.3 Å². The van der Waals surface area contributed by atoms with Crippen LogP contribution in [0.15, 0.2) is 4.42 Å². The van der Waals surface area contributed by atoms with Gasteiger partial charge < -0.3 is 4.42 Å². The third-order valence-corrected chi connectivity index (χ3v) is 12.8. The van der Waals surface area contributed by atoms with Gasteiger partial charge in [-0.1, -0.05) is 81.9 Å². The van der Waals surface area contributed by atoms with Crippen LogP contribution in [0.1, 0.15) is 0 Å². The smallest absolute Gasteiger partial charge is 0.127 e. The maximum Gasteiger partial charge on any atom is 0.127 e. The molecule has 0 unspecified atom stereocenters. The summed E-state index contributed by atoms with van der Waals surface area (Å²) in [6.45, 7) is 0. The molecule has 0 saturated heterocycles. The lowest BCUT2D eigenvalue weighted by Crippen LogP contribution is -2.52. The highest BCUT2D eigenvalue weighted by Gasteiger charge is 2.31. The van der Waals surface area contributed by atoms with Crippen molar-refractivity contribution in [2.24, 2.45) is 0 Å². The summed E-state index contributed by atoms with van der Waals surface area (Å²) in [5.41, 5.74) is -2.76. The predicted octanol–water partition coefficient (Wildman–Crippen LogP) is -17.4. The summed E-state index contributed by atoms with van der Waals surface area (Å²) in [5, 5.41) is 0.786. The van der Waals surface area contributed by atoms with E-state index in [1.807, 2.05) is 0 Å². The van der Waals surface area contributed by atoms with Gasteiger partial charge in [0.25, 0.3) is 0 Å². The Labute approximate surface area is 408 Å². The SMILES string of the molecule is [B]c1c([B])c([B])c2c(oc3c([B])c([B])c(-c4c5c([B])c([B])c([B])c([B])c5c(-c5c([B])c([B])c([B])c6c5c([B])c([B])c5c([B])c([B])c([B])c([B])c56)c5c([B])c([B])c([B])c([B])c45)c([B])c32)c1[B]. The van der Waals surface area contributed by atoms with Crippen molar-refractivity contribution in [3.8, 4) is 22.3 Å². The van der Waals surface area contributed by atoms with Gasteiger partial charge >= 0.3 is 0 Å². The summed E-state index contributed by atoms with van der Waals surface area (Å²) < 4.78 is 6.17. The lowest BCUT2D eigenvalue weighted by Gasteiger charge is -2.32. The summed E-state index contributed by atoms with van der Waals surface area (Å²) in [7, 11) is 162. The molecule has 0 bridgehead atoms. The highest BCUT2D eigenvalue weighted by molar-refractivity contribution is 6.77. The van der Waals surface area contributed by atoms with Crippen LogP contribution in [-0.2, 0) is 0 Å². The molecule has 0 N–H and O–H groups in total. The molecule has 0 saturated carbocycles. The van der Waals surface area contributed by atoms with Crippen LogP contribution in [0.4, 0.5) is 0 Å². The van der Waals surface area contributed by atoms with E-state index in [9.17, 15) is 0 Å². The van der Waals surface area contributed by atoms with Crippen molar-refractivity contribution in [2.45, 2.75) is 0 Å². The van der Waals surface area contributed by atoms with Gasteiger partial charge in [-0.25, -0.2) is 0 Å². The van der Waals surface area contributed by atoms with Gasteiger partial charge in [0.15, 0.2) is 0 Å². The number of hydrogen-bond acceptors (Lipinski definition) is 1. The van der Waals surface area contributed by atoms with Crippen molar-refractivity contribution < 1.29 is 4.42 Å². The Kier molecular flexibility index (Phi) is 10.9. The second kappa shape index (κ2) is 15.3. The molecule has 8 aromatic carbocycles. The maximum absolute atomic E-state index is 7.21. The van der Waals surface area contributed by atoms with E-state index in [0.717, 1.165) is 0 Å². The van der Waals surface area contributed by atoms with Crippen LogP contribution in [0, 0.1) is 0 Å². The minimum atomic E-state index is -0.174. The summed E-state index contributed by atoms with van der Waals surface area (Å²) in [5.74, 6) is 0. The van der Waals surface area contributed by atoms with Gasteiger partial charge in [-0.2, -0.15) is 0 Å². The van der Waals surface area contributed by atoms with Gasteiger partial charge in [0.1, 0.15) is 199 Å². The Morgan fingerprint density at radius 2 is 0.354 bits per heavy atom. The van der Waals surface area contributed by atoms with Crippen molar-refractivity contribution in [3.63, 3.8) is 0 Å². The monoisotopic (exact) mass is 760 g/mol. The van der Waals surface area contributed by atoms with E-state index < -0.39 is 0 Å². The van der Waals surface area contributed by atoms with E-state index >= 15 is 0 Å². The fourth-order valence-corrected chi connectivity index (χ4v) is 9.35. The fourth-order valence-electron chi connectivity index (χ4n) is 9.35. The van der Waals surface area contributed by atoms with E-state index in [1.54, 1.807) is 0 Å². The van der Waals surface area contributed by atoms with Crippen molar-refractivity contribution in [1.82, 2.24) is 0 Å². The van der Waals surface area contributed by atoms with Gasteiger partial charge in [0.2, 0.25) is 0 Å². The molecule has 0 aliphatic rings. The van der Waals surface area contributed by atoms with E-state index in [0.29, 0.717) is 0 Å². The van der Waals surface area contributed by atoms with Crippen LogP contribution in [0.25, 0.3) is 87.3 Å². The van der Waals surface area contributed by atoms with Crippen molar-refractivity contribution in [2.75, 3.05) is 0 Å². The second-order valence-corrected chi connectivity index (χ2v) is 15.9. The zero-order chi connectivity index (χ0) is 47.8. The molecule has 1 aromatic heterocycles. The Morgan fingerprint density at radius 3 is 0.769 bits per heavy atom. The van der Waals surface area contributed by atoms with Crippen LogP contribution in [-0.4, -0.2) is 188 Å². The van der Waals surface area contributed by atoms with Crippen LogP contribution in [0.5, 0.6) is 0 Å². The zero-order valence-corrected chi connectivity index (χ0v) is 34.3. The number of rotatable bonds is 2. The summed E-state index contributed by atoms with van der Waals surface area (Å²) >= 11 is 0. The van der Waals surface area contributed by atoms with E-state index in [4.69, 9.17) is 193 Å². The first-order valence-electron chi connectivity index (χ1n) is 19.1. The summed E-state index contributed by atoms with van der Waals surface area (Å²) in [6.07, 6.45) is 0. The first-order chi connectivity index (χ1) is 30.3. The van der Waals surface area contributed by atoms with Crippen LogP contribution in [0.3, 0.4) is 0 Å². The number of hydrogen-bond donors (Lipinski definition) is 0. The Hall–Kier alpha value is -3.84. The first kappa shape index (κ1) is 46.3. The summed E-state index contributed by atoms with van der Waals surface area (Å²) in [6, 6.07) is 0. The number of fused-ring (bicyclic) bond motifs is 8. The number of furan rings is 1. The summed E-state index contributed by atoms with van der Waals surface area (Å²) in [4.78, 5) is 0. The molecule has 0 aliphatic heterocycles. The van der Waals surface area contributed by atoms with E-state index in [-0.39, 0.29) is 218 Å². The molecular formula is C40B24O. The molecule has 0 atom stereocenters. The molecule has 48 radical (unpaired) electrons. The molecule has 9 aromatic rings. The zero-order valence-electron chi connectivity index (χ0n) is 34.3. The molecule has 0 aliphatic carbocycles. The molecule has 0 fully saturated rings. The third-order valence-electron chi connectivity index (χ3n) is 12.8. The fraction of sp³-hybridized carbons (Fsp3) is 0. The van der Waals surface area contributed by atoms with Gasteiger partial charge in [0.05, 0.1) is 0 Å². The van der Waals surface area contributed by atoms with Crippen molar-refractivity contribution >= 4 is 384 Å². The first-order valence-corrected chi connectivity index (χ1v) is 19.1. The quantitative estimate of drug-likeness (QED) is 0.0973. The topological polar surface area (TPSA) is 13.1 Å². The third kappa shape index (κ3) is 5.75. The van der Waals surface area contributed by atoms with Crippen molar-refractivity contribution in [1.29, 1.82) is 0 Å². The van der Waals surface area contributed by atoms with E-state index in [2.05, 4.69) is 0 Å². The van der Waals surface area contributed by atoms with Gasteiger partial charge in [-0.15, -0.1) is 49.2 Å². The van der Waals surface area contributed by atoms with Crippen molar-refractivity contribution in [3.05, 3.63) is 0 Å². The normalized spacial score (nSPS) is 11.9. The number of benzene rings is 8. The lowest BCUT2D eigenvalue weighted by atomic mass is 9.56. The highest BCUT2D eigenvalue weighted by atomic mass is 16.3. The standard InChI is InChI=1S/C40B24O/c41-15-11(26(52)37(63)39-13(15)14-27(53)35(61)36(62)38(64)40(14)65-39)2-6-3(18(44)29(55)31(57)20(6)46)1(4-7(2)21(47)32(58)30(56)19(4)45)5-8-9(22(48)28(54)17(5)43)10-12(24(50)16(8)42)25(51)34(60)33(59)23(10)49. The van der Waals surface area contributed by atoms with Gasteiger partial charge in [-0.3, -0.25) is 0 Å². The molecule has 65 heavy (non-hydrogen) atoms. The van der Waals surface area contributed by atoms with Crippen LogP contribution >= 0.6 is 0 Å². The molecule has 1 nitrogen and oxygen atoms in total. The second-order valence-electron chi connectivity index (χ2n) is 15.9. The highest BCUT2D eigenvalue weighted by Crippen LogP contribution is 2.41. The average molecular weight is 756 g/mol. The minimum absolute atomic E-state index is 0.00584.